The van der Waals surface area contributed by atoms with Crippen molar-refractivity contribution in [3.63, 3.8) is 0 Å². The highest BCUT2D eigenvalue weighted by Crippen LogP contribution is 2.25. The Hall–Kier alpha value is -2.75. The summed E-state index contributed by atoms with van der Waals surface area (Å²) in [6, 6.07) is 17.9. The minimum atomic E-state index is 0.504. The molecule has 0 atom stereocenters. The fourth-order valence-electron chi connectivity index (χ4n) is 1.84. The van der Waals surface area contributed by atoms with Gasteiger partial charge in [0.2, 0.25) is 0 Å². The van der Waals surface area contributed by atoms with Gasteiger partial charge >= 0.3 is 0 Å². The standard InChI is InChI=1S/C16H14N2O2/c1-17-16-18-15(11-19-16)12-7-9-14(10-8-12)20-13-5-3-2-4-6-13/h2-11H,1H3,(H,17,18). The van der Waals surface area contributed by atoms with E-state index in [4.69, 9.17) is 9.15 Å². The van der Waals surface area contributed by atoms with Gasteiger partial charge in [-0.05, 0) is 36.4 Å². The molecule has 20 heavy (non-hydrogen) atoms. The number of benzene rings is 2. The van der Waals surface area contributed by atoms with Crippen LogP contribution in [0.1, 0.15) is 0 Å². The zero-order valence-corrected chi connectivity index (χ0v) is 11.0. The molecule has 0 fully saturated rings. The number of nitrogens with zero attached hydrogens (tertiary/aromatic N) is 1. The highest BCUT2D eigenvalue weighted by Gasteiger charge is 2.05. The summed E-state index contributed by atoms with van der Waals surface area (Å²) in [5.74, 6) is 1.61. The number of oxazole rings is 1. The fraction of sp³-hybridized carbons (Fsp3) is 0.0625. The van der Waals surface area contributed by atoms with Crippen molar-refractivity contribution < 1.29 is 9.15 Å². The van der Waals surface area contributed by atoms with E-state index in [1.807, 2.05) is 54.6 Å². The molecule has 0 saturated heterocycles. The van der Waals surface area contributed by atoms with E-state index in [1.54, 1.807) is 13.3 Å². The Morgan fingerprint density at radius 1 is 0.950 bits per heavy atom. The largest absolute Gasteiger partial charge is 0.457 e. The minimum absolute atomic E-state index is 0.504. The van der Waals surface area contributed by atoms with E-state index in [1.165, 1.54) is 0 Å². The molecular formula is C16H14N2O2. The molecule has 0 aliphatic carbocycles. The van der Waals surface area contributed by atoms with Crippen molar-refractivity contribution in [2.45, 2.75) is 0 Å². The van der Waals surface area contributed by atoms with Crippen LogP contribution in [-0.2, 0) is 0 Å². The van der Waals surface area contributed by atoms with Crippen molar-refractivity contribution in [3.8, 4) is 22.8 Å². The number of anilines is 1. The van der Waals surface area contributed by atoms with Gasteiger partial charge in [-0.25, -0.2) is 0 Å². The predicted molar refractivity (Wildman–Crippen MR) is 78.0 cm³/mol. The first-order chi connectivity index (χ1) is 9.85. The fourth-order valence-corrected chi connectivity index (χ4v) is 1.84. The summed E-state index contributed by atoms with van der Waals surface area (Å²) in [7, 11) is 1.77. The molecule has 4 heteroatoms. The molecule has 0 aliphatic rings. The van der Waals surface area contributed by atoms with E-state index in [0.29, 0.717) is 6.01 Å². The Morgan fingerprint density at radius 2 is 1.65 bits per heavy atom. The molecule has 1 N–H and O–H groups in total. The number of nitrogens with one attached hydrogen (secondary N) is 1. The van der Waals surface area contributed by atoms with Gasteiger partial charge in [-0.1, -0.05) is 18.2 Å². The maximum absolute atomic E-state index is 5.74. The van der Waals surface area contributed by atoms with Crippen LogP contribution >= 0.6 is 0 Å². The van der Waals surface area contributed by atoms with Crippen molar-refractivity contribution in [1.82, 2.24) is 4.98 Å². The molecule has 0 unspecified atom stereocenters. The first-order valence-corrected chi connectivity index (χ1v) is 6.32. The third-order valence-corrected chi connectivity index (χ3v) is 2.85. The molecule has 0 aliphatic heterocycles. The molecule has 3 rings (SSSR count). The predicted octanol–water partition coefficient (Wildman–Crippen LogP) is 4.18. The lowest BCUT2D eigenvalue weighted by Gasteiger charge is -2.05. The molecule has 2 aromatic carbocycles. The van der Waals surface area contributed by atoms with Crippen LogP contribution in [-0.4, -0.2) is 12.0 Å². The lowest BCUT2D eigenvalue weighted by molar-refractivity contribution is 0.483. The normalized spacial score (nSPS) is 10.2. The van der Waals surface area contributed by atoms with Gasteiger partial charge in [0.25, 0.3) is 6.01 Å². The molecular weight excluding hydrogens is 252 g/mol. The molecule has 1 aromatic heterocycles. The number of hydrogen-bond acceptors (Lipinski definition) is 4. The maximum atomic E-state index is 5.74. The van der Waals surface area contributed by atoms with Crippen LogP contribution in [0.4, 0.5) is 6.01 Å². The summed E-state index contributed by atoms with van der Waals surface area (Å²) in [6.45, 7) is 0. The Labute approximate surface area is 117 Å². The number of aromatic nitrogens is 1. The lowest BCUT2D eigenvalue weighted by atomic mass is 10.2. The van der Waals surface area contributed by atoms with Crippen molar-refractivity contribution in [2.75, 3.05) is 12.4 Å². The van der Waals surface area contributed by atoms with Crippen LogP contribution in [0.3, 0.4) is 0 Å². The van der Waals surface area contributed by atoms with Crippen molar-refractivity contribution in [1.29, 1.82) is 0 Å². The number of hydrogen-bond donors (Lipinski definition) is 1. The molecule has 0 bridgehead atoms. The van der Waals surface area contributed by atoms with Gasteiger partial charge in [-0.2, -0.15) is 4.98 Å². The van der Waals surface area contributed by atoms with E-state index in [2.05, 4.69) is 10.3 Å². The van der Waals surface area contributed by atoms with Crippen molar-refractivity contribution in [3.05, 3.63) is 60.9 Å². The maximum Gasteiger partial charge on any atom is 0.294 e. The summed E-state index contributed by atoms with van der Waals surface area (Å²) in [4.78, 5) is 4.29. The topological polar surface area (TPSA) is 47.3 Å². The van der Waals surface area contributed by atoms with Gasteiger partial charge in [-0.3, -0.25) is 0 Å². The van der Waals surface area contributed by atoms with Gasteiger partial charge in [0, 0.05) is 12.6 Å². The molecule has 100 valence electrons. The Morgan fingerprint density at radius 3 is 2.30 bits per heavy atom. The summed E-state index contributed by atoms with van der Waals surface area (Å²) in [5, 5.41) is 2.86. The lowest BCUT2D eigenvalue weighted by Crippen LogP contribution is -1.87. The van der Waals surface area contributed by atoms with Gasteiger partial charge in [-0.15, -0.1) is 0 Å². The molecule has 3 aromatic rings. The second kappa shape index (κ2) is 5.48. The minimum Gasteiger partial charge on any atom is -0.457 e. The van der Waals surface area contributed by atoms with Gasteiger partial charge < -0.3 is 14.5 Å². The molecule has 0 amide bonds. The first-order valence-electron chi connectivity index (χ1n) is 6.32. The SMILES string of the molecule is CNc1nc(-c2ccc(Oc3ccccc3)cc2)co1. The highest BCUT2D eigenvalue weighted by atomic mass is 16.5. The number of para-hydroxylation sites is 1. The second-order valence-electron chi connectivity index (χ2n) is 4.23. The van der Waals surface area contributed by atoms with E-state index in [9.17, 15) is 0 Å². The van der Waals surface area contributed by atoms with Gasteiger partial charge in [0.05, 0.1) is 0 Å². The Kier molecular flexibility index (Phi) is 3.37. The summed E-state index contributed by atoms with van der Waals surface area (Å²) >= 11 is 0. The van der Waals surface area contributed by atoms with E-state index >= 15 is 0 Å². The quantitative estimate of drug-likeness (QED) is 0.769. The van der Waals surface area contributed by atoms with Crippen molar-refractivity contribution in [2.24, 2.45) is 0 Å². The first kappa shape index (κ1) is 12.3. The summed E-state index contributed by atoms with van der Waals surface area (Å²) in [6.07, 6.45) is 1.62. The summed E-state index contributed by atoms with van der Waals surface area (Å²) in [5.41, 5.74) is 1.77. The Balaban J connectivity index is 1.77. The molecule has 1 heterocycles. The third-order valence-electron chi connectivity index (χ3n) is 2.85. The monoisotopic (exact) mass is 266 g/mol. The molecule has 0 radical (unpaired) electrons. The van der Waals surface area contributed by atoms with E-state index in [0.717, 1.165) is 22.8 Å². The van der Waals surface area contributed by atoms with Crippen LogP contribution < -0.4 is 10.1 Å². The zero-order chi connectivity index (χ0) is 13.8. The average Bonchev–Trinajstić information content (AvgIpc) is 2.98. The van der Waals surface area contributed by atoms with Crippen LogP contribution in [0.5, 0.6) is 11.5 Å². The van der Waals surface area contributed by atoms with Crippen LogP contribution in [0.25, 0.3) is 11.3 Å². The van der Waals surface area contributed by atoms with E-state index in [-0.39, 0.29) is 0 Å². The van der Waals surface area contributed by atoms with Crippen molar-refractivity contribution >= 4 is 6.01 Å². The van der Waals surface area contributed by atoms with E-state index < -0.39 is 0 Å². The average molecular weight is 266 g/mol. The third kappa shape index (κ3) is 2.64. The van der Waals surface area contributed by atoms with Crippen LogP contribution in [0.15, 0.2) is 65.3 Å². The molecule has 4 nitrogen and oxygen atoms in total. The smallest absolute Gasteiger partial charge is 0.294 e. The molecule has 0 saturated carbocycles. The van der Waals surface area contributed by atoms with Gasteiger partial charge in [0.15, 0.2) is 0 Å². The molecule has 0 spiro atoms. The van der Waals surface area contributed by atoms with Crippen LogP contribution in [0.2, 0.25) is 0 Å². The highest BCUT2D eigenvalue weighted by molar-refractivity contribution is 5.60. The zero-order valence-electron chi connectivity index (χ0n) is 11.0. The number of rotatable bonds is 4. The second-order valence-corrected chi connectivity index (χ2v) is 4.23. The number of ether oxygens (including phenoxy) is 1. The summed E-state index contributed by atoms with van der Waals surface area (Å²) < 4.78 is 11.0. The van der Waals surface area contributed by atoms with Crippen LogP contribution in [0, 0.1) is 0 Å². The van der Waals surface area contributed by atoms with Gasteiger partial charge in [0.1, 0.15) is 23.5 Å². The Bertz CT molecular complexity index is 675.